The normalized spacial score (nSPS) is 18.7. The summed E-state index contributed by atoms with van der Waals surface area (Å²) in [7, 11) is 2.13. The minimum atomic E-state index is -0.744. The van der Waals surface area contributed by atoms with Crippen LogP contribution < -0.4 is 14.5 Å². The van der Waals surface area contributed by atoms with Gasteiger partial charge in [0.2, 0.25) is 0 Å². The van der Waals surface area contributed by atoms with E-state index in [2.05, 4.69) is 31.9 Å². The van der Waals surface area contributed by atoms with E-state index in [1.807, 2.05) is 12.1 Å². The molecule has 0 saturated carbocycles. The molecule has 0 bridgehead atoms. The standard InChI is InChI=1S/C22H29FN6O2/c1-17(31-19-6-4-3-5-18(19)23)22(30)29-15-13-28(14-16-29)21-8-7-20(24-25-21)27-11-9-26(2)10-12-27/h3-8,17H,9-16H2,1-2H3. The minimum absolute atomic E-state index is 0.0951. The van der Waals surface area contributed by atoms with Crippen LogP contribution in [0.4, 0.5) is 16.0 Å². The van der Waals surface area contributed by atoms with Gasteiger partial charge in [0.15, 0.2) is 29.3 Å². The highest BCUT2D eigenvalue weighted by atomic mass is 19.1. The van der Waals surface area contributed by atoms with Crippen LogP contribution >= 0.6 is 0 Å². The third-order valence-electron chi connectivity index (χ3n) is 5.87. The number of carbonyl (C=O) groups is 1. The molecule has 0 aliphatic carbocycles. The number of piperazine rings is 2. The molecule has 9 heteroatoms. The number of hydrogen-bond donors (Lipinski definition) is 0. The zero-order valence-corrected chi connectivity index (χ0v) is 18.1. The van der Waals surface area contributed by atoms with Gasteiger partial charge < -0.3 is 24.3 Å². The molecule has 8 nitrogen and oxygen atoms in total. The minimum Gasteiger partial charge on any atom is -0.478 e. The molecule has 0 radical (unpaired) electrons. The van der Waals surface area contributed by atoms with E-state index in [1.165, 1.54) is 12.1 Å². The SMILES string of the molecule is CC(Oc1ccccc1F)C(=O)N1CCN(c2ccc(N3CCN(C)CC3)nn2)CC1. The van der Waals surface area contributed by atoms with Gasteiger partial charge in [0, 0.05) is 52.4 Å². The lowest BCUT2D eigenvalue weighted by atomic mass is 10.2. The number of nitrogens with zero attached hydrogens (tertiary/aromatic N) is 6. The van der Waals surface area contributed by atoms with Crippen molar-refractivity contribution in [3.8, 4) is 5.75 Å². The topological polar surface area (TPSA) is 65.0 Å². The summed E-state index contributed by atoms with van der Waals surface area (Å²) in [5.41, 5.74) is 0. The first kappa shape index (κ1) is 21.3. The molecule has 2 aliphatic heterocycles. The molecule has 2 saturated heterocycles. The summed E-state index contributed by atoms with van der Waals surface area (Å²) < 4.78 is 19.3. The molecule has 166 valence electrons. The maximum Gasteiger partial charge on any atom is 0.263 e. The number of amides is 1. The van der Waals surface area contributed by atoms with Crippen molar-refractivity contribution >= 4 is 17.5 Å². The summed E-state index contributed by atoms with van der Waals surface area (Å²) in [6.07, 6.45) is -0.744. The number of carbonyl (C=O) groups excluding carboxylic acids is 1. The van der Waals surface area contributed by atoms with Crippen molar-refractivity contribution in [1.82, 2.24) is 20.0 Å². The summed E-state index contributed by atoms with van der Waals surface area (Å²) in [6, 6.07) is 10.2. The second-order valence-electron chi connectivity index (χ2n) is 8.04. The van der Waals surface area contributed by atoms with Crippen molar-refractivity contribution in [1.29, 1.82) is 0 Å². The lowest BCUT2D eigenvalue weighted by Gasteiger charge is -2.36. The van der Waals surface area contributed by atoms with Gasteiger partial charge in [0.05, 0.1) is 0 Å². The Kier molecular flexibility index (Phi) is 6.50. The van der Waals surface area contributed by atoms with Crippen molar-refractivity contribution in [2.75, 3.05) is 69.2 Å². The number of para-hydroxylation sites is 1. The zero-order valence-electron chi connectivity index (χ0n) is 18.1. The smallest absolute Gasteiger partial charge is 0.263 e. The second-order valence-corrected chi connectivity index (χ2v) is 8.04. The first-order valence-corrected chi connectivity index (χ1v) is 10.7. The van der Waals surface area contributed by atoms with Crippen molar-refractivity contribution in [2.24, 2.45) is 0 Å². The fourth-order valence-electron chi connectivity index (χ4n) is 3.89. The van der Waals surface area contributed by atoms with Gasteiger partial charge in [-0.05, 0) is 38.2 Å². The Bertz CT molecular complexity index is 880. The lowest BCUT2D eigenvalue weighted by Crippen LogP contribution is -2.52. The zero-order chi connectivity index (χ0) is 21.8. The van der Waals surface area contributed by atoms with E-state index < -0.39 is 11.9 Å². The number of hydrogen-bond acceptors (Lipinski definition) is 7. The summed E-state index contributed by atoms with van der Waals surface area (Å²) >= 11 is 0. The molecule has 1 atom stereocenters. The van der Waals surface area contributed by atoms with Crippen LogP contribution in [-0.2, 0) is 4.79 Å². The average molecular weight is 429 g/mol. The molecule has 2 aromatic rings. The second kappa shape index (κ2) is 9.47. The van der Waals surface area contributed by atoms with Crippen molar-refractivity contribution in [2.45, 2.75) is 13.0 Å². The van der Waals surface area contributed by atoms with Crippen LogP contribution in [-0.4, -0.2) is 91.4 Å². The van der Waals surface area contributed by atoms with Gasteiger partial charge in [-0.2, -0.15) is 0 Å². The number of ether oxygens (including phenoxy) is 1. The van der Waals surface area contributed by atoms with Crippen LogP contribution in [0.25, 0.3) is 0 Å². The fourth-order valence-corrected chi connectivity index (χ4v) is 3.89. The van der Waals surface area contributed by atoms with E-state index in [0.717, 1.165) is 37.8 Å². The molecule has 0 spiro atoms. The molecule has 4 rings (SSSR count). The highest BCUT2D eigenvalue weighted by molar-refractivity contribution is 5.81. The maximum atomic E-state index is 13.8. The third-order valence-corrected chi connectivity index (χ3v) is 5.87. The summed E-state index contributed by atoms with van der Waals surface area (Å²) in [5, 5.41) is 8.84. The van der Waals surface area contributed by atoms with E-state index in [1.54, 1.807) is 24.0 Å². The van der Waals surface area contributed by atoms with Crippen LogP contribution in [0.2, 0.25) is 0 Å². The van der Waals surface area contributed by atoms with Crippen molar-refractivity contribution < 1.29 is 13.9 Å². The van der Waals surface area contributed by atoms with Gasteiger partial charge in [-0.1, -0.05) is 12.1 Å². The molecular weight excluding hydrogens is 399 g/mol. The van der Waals surface area contributed by atoms with Gasteiger partial charge >= 0.3 is 0 Å². The summed E-state index contributed by atoms with van der Waals surface area (Å²) in [6.45, 7) is 8.08. The summed E-state index contributed by atoms with van der Waals surface area (Å²) in [4.78, 5) is 21.2. The monoisotopic (exact) mass is 428 g/mol. The first-order valence-electron chi connectivity index (χ1n) is 10.7. The Morgan fingerprint density at radius 1 is 0.903 bits per heavy atom. The largest absolute Gasteiger partial charge is 0.478 e. The molecule has 2 fully saturated rings. The highest BCUT2D eigenvalue weighted by Gasteiger charge is 2.27. The third kappa shape index (κ3) is 5.04. The van der Waals surface area contributed by atoms with Gasteiger partial charge in [-0.15, -0.1) is 10.2 Å². The number of benzene rings is 1. The molecule has 1 amide bonds. The number of rotatable bonds is 5. The Hall–Kier alpha value is -2.94. The van der Waals surface area contributed by atoms with Gasteiger partial charge in [-0.25, -0.2) is 4.39 Å². The summed E-state index contributed by atoms with van der Waals surface area (Å²) in [5.74, 6) is 1.22. The van der Waals surface area contributed by atoms with E-state index >= 15 is 0 Å². The van der Waals surface area contributed by atoms with Gasteiger partial charge in [0.25, 0.3) is 5.91 Å². The van der Waals surface area contributed by atoms with Gasteiger partial charge in [0.1, 0.15) is 0 Å². The number of anilines is 2. The van der Waals surface area contributed by atoms with E-state index in [-0.39, 0.29) is 11.7 Å². The molecule has 31 heavy (non-hydrogen) atoms. The van der Waals surface area contributed by atoms with Crippen LogP contribution in [0.1, 0.15) is 6.92 Å². The average Bonchev–Trinajstić information content (AvgIpc) is 2.81. The molecule has 1 unspecified atom stereocenters. The van der Waals surface area contributed by atoms with E-state index in [9.17, 15) is 9.18 Å². The molecule has 1 aromatic carbocycles. The number of aromatic nitrogens is 2. The Balaban J connectivity index is 1.29. The molecule has 3 heterocycles. The van der Waals surface area contributed by atoms with E-state index in [0.29, 0.717) is 26.2 Å². The van der Waals surface area contributed by atoms with Crippen LogP contribution in [0.3, 0.4) is 0 Å². The first-order chi connectivity index (χ1) is 15.0. The fraction of sp³-hybridized carbons (Fsp3) is 0.500. The van der Waals surface area contributed by atoms with E-state index in [4.69, 9.17) is 4.74 Å². The molecule has 1 aromatic heterocycles. The molecule has 0 N–H and O–H groups in total. The van der Waals surface area contributed by atoms with Crippen LogP contribution in [0, 0.1) is 5.82 Å². The lowest BCUT2D eigenvalue weighted by molar-refractivity contribution is -0.138. The molecular formula is C22H29FN6O2. The number of likely N-dealkylation sites (N-methyl/N-ethyl adjacent to an activating group) is 1. The Morgan fingerprint density at radius 3 is 2.00 bits per heavy atom. The Morgan fingerprint density at radius 2 is 1.45 bits per heavy atom. The van der Waals surface area contributed by atoms with Crippen LogP contribution in [0.15, 0.2) is 36.4 Å². The van der Waals surface area contributed by atoms with Crippen molar-refractivity contribution in [3.63, 3.8) is 0 Å². The predicted octanol–water partition coefficient (Wildman–Crippen LogP) is 1.48. The predicted molar refractivity (Wildman–Crippen MR) is 117 cm³/mol. The Labute approximate surface area is 182 Å². The van der Waals surface area contributed by atoms with Crippen LogP contribution in [0.5, 0.6) is 5.75 Å². The van der Waals surface area contributed by atoms with Crippen molar-refractivity contribution in [3.05, 3.63) is 42.2 Å². The molecule has 2 aliphatic rings. The number of halogens is 1. The maximum absolute atomic E-state index is 13.8. The van der Waals surface area contributed by atoms with Gasteiger partial charge in [-0.3, -0.25) is 4.79 Å². The highest BCUT2D eigenvalue weighted by Crippen LogP contribution is 2.20. The quantitative estimate of drug-likeness (QED) is 0.715.